The fourth-order valence-electron chi connectivity index (χ4n) is 7.10. The first kappa shape index (κ1) is 30.4. The van der Waals surface area contributed by atoms with Crippen LogP contribution in [0.15, 0.2) is 44.9 Å². The summed E-state index contributed by atoms with van der Waals surface area (Å²) in [7, 11) is 5.92. The Morgan fingerprint density at radius 1 is 1.05 bits per heavy atom. The van der Waals surface area contributed by atoms with Crippen LogP contribution >= 0.6 is 31.9 Å². The molecule has 0 amide bonds. The second kappa shape index (κ2) is 11.6. The molecule has 2 bridgehead atoms. The largest absolute Gasteiger partial charge is 0.495 e. The number of nitrogen functional groups attached to an aromatic ring is 1. The number of aromatic amines is 1. The highest BCUT2D eigenvalue weighted by molar-refractivity contribution is 9.11. The second-order valence-electron chi connectivity index (χ2n) is 11.1. The standard InChI is InChI=1S/C31H36Br2N3O6/c1-6-17-11-18-12-31(30(38)42-5,23-27(40-3)24(32)26(34)25(33)28(23)41-4)29-20(19-9-7-8-10-21(19)35-29)15-36(13-17,14-18)16-22(37)39-2/h7-11,18,35H,6,12-16,34H2,1-5H3/q+1/t18-,31-,36?/m0/s1. The SMILES string of the molecule is CCC1=C[C@H]2C[C@](C(=O)OC)(c3c(OC)c(Br)c(N)c(Br)c3OC)c3[nH]c4ccccc4c3C[N+](CC(=O)OC)(C1)C2. The Balaban J connectivity index is 1.96. The van der Waals surface area contributed by atoms with Gasteiger partial charge in [-0.25, -0.2) is 4.79 Å². The smallest absolute Gasteiger partial charge is 0.361 e. The first-order chi connectivity index (χ1) is 20.1. The summed E-state index contributed by atoms with van der Waals surface area (Å²) < 4.78 is 24.3. The zero-order chi connectivity index (χ0) is 30.4. The summed E-state index contributed by atoms with van der Waals surface area (Å²) in [4.78, 5) is 31.0. The number of quaternary nitrogens is 1. The number of fused-ring (bicyclic) bond motifs is 5. The van der Waals surface area contributed by atoms with Crippen molar-refractivity contribution in [3.05, 3.63) is 61.7 Å². The van der Waals surface area contributed by atoms with Crippen LogP contribution in [0.25, 0.3) is 10.9 Å². The van der Waals surface area contributed by atoms with Gasteiger partial charge in [0.1, 0.15) is 30.0 Å². The van der Waals surface area contributed by atoms with Crippen LogP contribution in [0.2, 0.25) is 0 Å². The molecule has 1 unspecified atom stereocenters. The molecular formula is C31H36Br2N3O6+. The summed E-state index contributed by atoms with van der Waals surface area (Å²) >= 11 is 7.26. The normalized spacial score (nSPS) is 23.3. The van der Waals surface area contributed by atoms with E-state index < -0.39 is 11.4 Å². The number of benzene rings is 2. The molecule has 0 spiro atoms. The number of aromatic nitrogens is 1. The van der Waals surface area contributed by atoms with Gasteiger partial charge < -0.3 is 34.1 Å². The zero-order valence-electron chi connectivity index (χ0n) is 24.4. The van der Waals surface area contributed by atoms with Crippen molar-refractivity contribution >= 4 is 60.4 Å². The Kier molecular flexibility index (Phi) is 8.39. The highest BCUT2D eigenvalue weighted by Gasteiger charge is 2.56. The van der Waals surface area contributed by atoms with E-state index in [1.165, 1.54) is 19.8 Å². The highest BCUT2D eigenvalue weighted by atomic mass is 79.9. The lowest BCUT2D eigenvalue weighted by molar-refractivity contribution is -0.934. The number of halogens is 2. The van der Waals surface area contributed by atoms with Gasteiger partial charge in [-0.3, -0.25) is 4.79 Å². The minimum absolute atomic E-state index is 0.0958. The maximum Gasteiger partial charge on any atom is 0.361 e. The third kappa shape index (κ3) is 4.69. The monoisotopic (exact) mass is 704 g/mol. The van der Waals surface area contributed by atoms with E-state index in [-0.39, 0.29) is 18.4 Å². The summed E-state index contributed by atoms with van der Waals surface area (Å²) in [6.07, 6.45) is 3.42. The second-order valence-corrected chi connectivity index (χ2v) is 12.7. The quantitative estimate of drug-likeness (QED) is 0.142. The van der Waals surface area contributed by atoms with E-state index in [0.717, 1.165) is 29.4 Å². The van der Waals surface area contributed by atoms with Gasteiger partial charge in [0, 0.05) is 28.1 Å². The molecule has 3 aromatic rings. The number of carbonyl (C=O) groups excluding carboxylic acids is 2. The molecule has 2 aliphatic heterocycles. The number of anilines is 1. The number of carbonyl (C=O) groups is 2. The van der Waals surface area contributed by atoms with E-state index in [1.54, 1.807) is 14.2 Å². The number of nitrogens with two attached hydrogens (primary N) is 1. The van der Waals surface area contributed by atoms with Crippen LogP contribution < -0.4 is 15.2 Å². The molecule has 1 aromatic heterocycles. The molecule has 3 heterocycles. The molecule has 9 nitrogen and oxygen atoms in total. The predicted molar refractivity (Wildman–Crippen MR) is 168 cm³/mol. The fourth-order valence-corrected chi connectivity index (χ4v) is 8.49. The molecule has 0 aliphatic carbocycles. The number of esters is 2. The van der Waals surface area contributed by atoms with E-state index >= 15 is 0 Å². The van der Waals surface area contributed by atoms with Gasteiger partial charge >= 0.3 is 11.9 Å². The summed E-state index contributed by atoms with van der Waals surface area (Å²) in [5.74, 6) is -0.0491. The van der Waals surface area contributed by atoms with Crippen LogP contribution in [0.3, 0.4) is 0 Å². The molecule has 11 heteroatoms. The molecule has 5 rings (SSSR count). The average Bonchev–Trinajstić information content (AvgIpc) is 3.35. The summed E-state index contributed by atoms with van der Waals surface area (Å²) in [5, 5.41) is 0.973. The van der Waals surface area contributed by atoms with Crippen molar-refractivity contribution in [3.8, 4) is 11.5 Å². The third-order valence-electron chi connectivity index (χ3n) is 8.77. The molecule has 0 saturated carbocycles. The molecule has 3 N–H and O–H groups in total. The van der Waals surface area contributed by atoms with Crippen LogP contribution in [0, 0.1) is 5.92 Å². The van der Waals surface area contributed by atoms with Gasteiger partial charge in [0.2, 0.25) is 0 Å². The molecule has 2 aliphatic rings. The average molecular weight is 706 g/mol. The van der Waals surface area contributed by atoms with Gasteiger partial charge in [0.05, 0.1) is 55.2 Å². The van der Waals surface area contributed by atoms with E-state index in [4.69, 9.17) is 24.7 Å². The number of hydrogen-bond acceptors (Lipinski definition) is 7. The van der Waals surface area contributed by atoms with Crippen molar-refractivity contribution in [3.63, 3.8) is 0 Å². The van der Waals surface area contributed by atoms with Crippen molar-refractivity contribution in [1.82, 2.24) is 4.98 Å². The minimum Gasteiger partial charge on any atom is -0.495 e. The molecule has 224 valence electrons. The van der Waals surface area contributed by atoms with E-state index in [1.807, 2.05) is 24.3 Å². The summed E-state index contributed by atoms with van der Waals surface area (Å²) in [5.41, 5.74) is 9.68. The van der Waals surface area contributed by atoms with Gasteiger partial charge in [-0.05, 0) is 56.3 Å². The van der Waals surface area contributed by atoms with Crippen LogP contribution in [-0.2, 0) is 31.0 Å². The van der Waals surface area contributed by atoms with E-state index in [0.29, 0.717) is 61.4 Å². The first-order valence-electron chi connectivity index (χ1n) is 13.8. The van der Waals surface area contributed by atoms with Crippen LogP contribution in [0.1, 0.15) is 36.6 Å². The number of hydrogen-bond donors (Lipinski definition) is 2. The van der Waals surface area contributed by atoms with Gasteiger partial charge in [0.25, 0.3) is 0 Å². The predicted octanol–water partition coefficient (Wildman–Crippen LogP) is 5.61. The van der Waals surface area contributed by atoms with Gasteiger partial charge in [-0.15, -0.1) is 0 Å². The number of nitrogens with one attached hydrogen (secondary N) is 1. The molecule has 0 saturated heterocycles. The maximum absolute atomic E-state index is 14.5. The topological polar surface area (TPSA) is 113 Å². The lowest BCUT2D eigenvalue weighted by atomic mass is 9.67. The molecule has 0 fully saturated rings. The zero-order valence-corrected chi connectivity index (χ0v) is 27.6. The highest BCUT2D eigenvalue weighted by Crippen LogP contribution is 2.57. The van der Waals surface area contributed by atoms with Gasteiger partial charge in [-0.1, -0.05) is 31.2 Å². The Labute approximate surface area is 262 Å². The number of para-hydroxylation sites is 1. The van der Waals surface area contributed by atoms with Crippen molar-refractivity contribution in [2.45, 2.75) is 31.7 Å². The summed E-state index contributed by atoms with van der Waals surface area (Å²) in [6.45, 7) is 4.21. The lowest BCUT2D eigenvalue weighted by Gasteiger charge is -2.47. The van der Waals surface area contributed by atoms with Gasteiger partial charge in [0.15, 0.2) is 6.54 Å². The molecule has 0 radical (unpaired) electrons. The maximum atomic E-state index is 14.5. The van der Waals surface area contributed by atoms with Crippen LogP contribution in [0.4, 0.5) is 5.69 Å². The Bertz CT molecular complexity index is 1570. The van der Waals surface area contributed by atoms with E-state index in [9.17, 15) is 9.59 Å². The summed E-state index contributed by atoms with van der Waals surface area (Å²) in [6, 6.07) is 7.98. The van der Waals surface area contributed by atoms with Crippen molar-refractivity contribution in [2.75, 3.05) is 53.8 Å². The minimum atomic E-state index is -1.39. The molecule has 3 atom stereocenters. The third-order valence-corrected chi connectivity index (χ3v) is 10.3. The number of rotatable bonds is 7. The molecule has 42 heavy (non-hydrogen) atoms. The number of methoxy groups -OCH3 is 4. The molecular weight excluding hydrogens is 670 g/mol. The Hall–Kier alpha value is -3.02. The van der Waals surface area contributed by atoms with Crippen molar-refractivity contribution in [2.24, 2.45) is 5.92 Å². The van der Waals surface area contributed by atoms with Crippen molar-refractivity contribution < 1.29 is 33.0 Å². The van der Waals surface area contributed by atoms with E-state index in [2.05, 4.69) is 49.8 Å². The molecule has 2 aromatic carbocycles. The number of H-pyrrole nitrogens is 1. The van der Waals surface area contributed by atoms with Crippen LogP contribution in [0.5, 0.6) is 11.5 Å². The number of nitrogens with zero attached hydrogens (tertiary/aromatic N) is 1. The van der Waals surface area contributed by atoms with Gasteiger partial charge in [-0.2, -0.15) is 0 Å². The Morgan fingerprint density at radius 3 is 2.31 bits per heavy atom. The van der Waals surface area contributed by atoms with Crippen molar-refractivity contribution in [1.29, 1.82) is 0 Å². The lowest BCUT2D eigenvalue weighted by Crippen LogP contribution is -2.58. The van der Waals surface area contributed by atoms with Crippen LogP contribution in [-0.4, -0.2) is 69.5 Å². The number of ether oxygens (including phenoxy) is 4. The first-order valence-corrected chi connectivity index (χ1v) is 15.4. The Morgan fingerprint density at radius 2 is 1.71 bits per heavy atom. The fraction of sp³-hybridized carbons (Fsp3) is 0.419.